The number of rotatable bonds is 6. The second-order valence-corrected chi connectivity index (χ2v) is 7.53. The van der Waals surface area contributed by atoms with E-state index >= 15 is 0 Å². The van der Waals surface area contributed by atoms with Crippen LogP contribution in [0.3, 0.4) is 0 Å². The van der Waals surface area contributed by atoms with Gasteiger partial charge in [-0.2, -0.15) is 0 Å². The first-order chi connectivity index (χ1) is 13.0. The Bertz CT molecular complexity index is 965. The van der Waals surface area contributed by atoms with Crippen LogP contribution in [0.1, 0.15) is 67.9 Å². The summed E-state index contributed by atoms with van der Waals surface area (Å²) in [5.74, 6) is -0.575. The van der Waals surface area contributed by atoms with Gasteiger partial charge in [0.2, 0.25) is 0 Å². The summed E-state index contributed by atoms with van der Waals surface area (Å²) >= 11 is 0. The van der Waals surface area contributed by atoms with Crippen molar-refractivity contribution in [1.29, 1.82) is 0 Å². The number of hydrogen-bond acceptors (Lipinski definition) is 3. The van der Waals surface area contributed by atoms with Gasteiger partial charge in [0.15, 0.2) is 5.78 Å². The molecule has 0 unspecified atom stereocenters. The number of ether oxygens (including phenoxy) is 1. The number of ketones is 1. The average Bonchev–Trinajstić information content (AvgIpc) is 2.58. The lowest BCUT2D eigenvalue weighted by atomic mass is 9.95. The van der Waals surface area contributed by atoms with Crippen LogP contribution in [0.2, 0.25) is 0 Å². The van der Waals surface area contributed by atoms with E-state index in [4.69, 9.17) is 4.74 Å². The first kappa shape index (κ1) is 21.4. The van der Waals surface area contributed by atoms with Gasteiger partial charge in [-0.1, -0.05) is 6.07 Å². The van der Waals surface area contributed by atoms with Gasteiger partial charge in [-0.3, -0.25) is 4.79 Å². The second kappa shape index (κ2) is 8.42. The van der Waals surface area contributed by atoms with Gasteiger partial charge in [-0.25, -0.2) is 4.79 Å². The number of hydrogen-bond donors (Lipinski definition) is 1. The topological polar surface area (TPSA) is 63.6 Å². The summed E-state index contributed by atoms with van der Waals surface area (Å²) in [5.41, 5.74) is 5.97. The van der Waals surface area contributed by atoms with Gasteiger partial charge in [-0.05, 0) is 95.0 Å². The maximum atomic E-state index is 12.8. The van der Waals surface area contributed by atoms with E-state index in [0.717, 1.165) is 16.7 Å². The largest absolute Gasteiger partial charge is 0.490 e. The van der Waals surface area contributed by atoms with Gasteiger partial charge in [0, 0.05) is 16.7 Å². The van der Waals surface area contributed by atoms with Crippen LogP contribution in [0.15, 0.2) is 24.3 Å². The van der Waals surface area contributed by atoms with Crippen molar-refractivity contribution in [1.82, 2.24) is 0 Å². The molecule has 0 heterocycles. The molecule has 1 N–H and O–H groups in total. The summed E-state index contributed by atoms with van der Waals surface area (Å²) < 4.78 is 5.89. The van der Waals surface area contributed by atoms with Gasteiger partial charge in [0.1, 0.15) is 5.75 Å². The van der Waals surface area contributed by atoms with Crippen molar-refractivity contribution in [3.05, 3.63) is 68.8 Å². The van der Waals surface area contributed by atoms with E-state index in [2.05, 4.69) is 0 Å². The average molecular weight is 380 g/mol. The van der Waals surface area contributed by atoms with E-state index in [1.54, 1.807) is 26.0 Å². The molecule has 0 aliphatic rings. The lowest BCUT2D eigenvalue weighted by molar-refractivity contribution is 0.0694. The normalized spacial score (nSPS) is 11.3. The lowest BCUT2D eigenvalue weighted by Crippen LogP contribution is -2.12. The molecule has 0 atom stereocenters. The van der Waals surface area contributed by atoms with E-state index in [1.807, 2.05) is 46.8 Å². The highest BCUT2D eigenvalue weighted by atomic mass is 16.5. The first-order valence-electron chi connectivity index (χ1n) is 9.37. The van der Waals surface area contributed by atoms with E-state index in [1.165, 1.54) is 6.08 Å². The number of allylic oxidation sites excluding steroid dienone is 1. The molecule has 0 aliphatic carbocycles. The molecule has 0 saturated heterocycles. The quantitative estimate of drug-likeness (QED) is 0.522. The van der Waals surface area contributed by atoms with E-state index in [-0.39, 0.29) is 17.5 Å². The van der Waals surface area contributed by atoms with Crippen LogP contribution in [0.25, 0.3) is 6.08 Å². The zero-order chi connectivity index (χ0) is 21.2. The van der Waals surface area contributed by atoms with E-state index in [0.29, 0.717) is 28.0 Å². The fraction of sp³-hybridized carbons (Fsp3) is 0.333. The Hall–Kier alpha value is -2.88. The Kier molecular flexibility index (Phi) is 6.45. The second-order valence-electron chi connectivity index (χ2n) is 7.53. The van der Waals surface area contributed by atoms with Gasteiger partial charge in [0.25, 0.3) is 0 Å². The van der Waals surface area contributed by atoms with Crippen molar-refractivity contribution in [2.24, 2.45) is 0 Å². The molecule has 0 saturated carbocycles. The monoisotopic (exact) mass is 380 g/mol. The molecule has 0 amide bonds. The third-order valence-corrected chi connectivity index (χ3v) is 4.83. The fourth-order valence-electron chi connectivity index (χ4n) is 3.32. The fourth-order valence-corrected chi connectivity index (χ4v) is 3.32. The Morgan fingerprint density at radius 1 is 0.929 bits per heavy atom. The molecule has 0 radical (unpaired) electrons. The van der Waals surface area contributed by atoms with Gasteiger partial charge < -0.3 is 9.84 Å². The van der Waals surface area contributed by atoms with Crippen molar-refractivity contribution in [2.45, 2.75) is 54.6 Å². The minimum Gasteiger partial charge on any atom is -0.490 e. The summed E-state index contributed by atoms with van der Waals surface area (Å²) in [6, 6.07) is 5.68. The Labute approximate surface area is 166 Å². The third-order valence-electron chi connectivity index (χ3n) is 4.83. The molecular formula is C24H28O4. The number of carbonyl (C=O) groups is 2. The number of aromatic carboxylic acids is 1. The highest BCUT2D eigenvalue weighted by molar-refractivity contribution is 6.08. The molecule has 0 fully saturated rings. The summed E-state index contributed by atoms with van der Waals surface area (Å²) in [4.78, 5) is 24.4. The SMILES string of the molecule is Cc1cc(C)c(C(=O)C=Cc2cc(C)c(C(=O)O)c(C)c2OC(C)C)cc1C. The lowest BCUT2D eigenvalue weighted by Gasteiger charge is -2.18. The zero-order valence-corrected chi connectivity index (χ0v) is 17.6. The molecule has 0 aliphatic heterocycles. The van der Waals surface area contributed by atoms with Crippen LogP contribution >= 0.6 is 0 Å². The smallest absolute Gasteiger partial charge is 0.336 e. The third kappa shape index (κ3) is 4.50. The number of benzene rings is 2. The Balaban J connectivity index is 2.51. The van der Waals surface area contributed by atoms with Crippen molar-refractivity contribution < 1.29 is 19.4 Å². The van der Waals surface area contributed by atoms with Crippen molar-refractivity contribution in [2.75, 3.05) is 0 Å². The molecule has 2 aromatic rings. The molecule has 28 heavy (non-hydrogen) atoms. The molecule has 0 spiro atoms. The van der Waals surface area contributed by atoms with Crippen molar-refractivity contribution in [3.8, 4) is 5.75 Å². The minimum absolute atomic E-state index is 0.0892. The molecule has 0 aromatic heterocycles. The molecule has 4 nitrogen and oxygen atoms in total. The predicted octanol–water partition coefficient (Wildman–Crippen LogP) is 5.61. The number of aryl methyl sites for hydroxylation is 4. The van der Waals surface area contributed by atoms with Crippen LogP contribution in [0.4, 0.5) is 0 Å². The predicted molar refractivity (Wildman–Crippen MR) is 113 cm³/mol. The summed E-state index contributed by atoms with van der Waals surface area (Å²) in [7, 11) is 0. The first-order valence-corrected chi connectivity index (χ1v) is 9.37. The summed E-state index contributed by atoms with van der Waals surface area (Å²) in [6.45, 7) is 13.2. The minimum atomic E-state index is -0.985. The van der Waals surface area contributed by atoms with Crippen LogP contribution in [-0.4, -0.2) is 23.0 Å². The summed E-state index contributed by atoms with van der Waals surface area (Å²) in [6.07, 6.45) is 3.12. The highest BCUT2D eigenvalue weighted by Crippen LogP contribution is 2.32. The zero-order valence-electron chi connectivity index (χ0n) is 17.6. The molecule has 0 bridgehead atoms. The summed E-state index contributed by atoms with van der Waals surface area (Å²) in [5, 5.41) is 9.51. The molecular weight excluding hydrogens is 352 g/mol. The Morgan fingerprint density at radius 2 is 1.54 bits per heavy atom. The van der Waals surface area contributed by atoms with Crippen LogP contribution < -0.4 is 4.74 Å². The number of carbonyl (C=O) groups excluding carboxylic acids is 1. The van der Waals surface area contributed by atoms with Gasteiger partial charge in [0.05, 0.1) is 11.7 Å². The maximum Gasteiger partial charge on any atom is 0.336 e. The van der Waals surface area contributed by atoms with E-state index in [9.17, 15) is 14.7 Å². The molecule has 2 aromatic carbocycles. The van der Waals surface area contributed by atoms with Crippen LogP contribution in [-0.2, 0) is 0 Å². The molecule has 2 rings (SSSR count). The van der Waals surface area contributed by atoms with Gasteiger partial charge >= 0.3 is 5.97 Å². The van der Waals surface area contributed by atoms with Gasteiger partial charge in [-0.15, -0.1) is 0 Å². The van der Waals surface area contributed by atoms with Crippen LogP contribution in [0.5, 0.6) is 5.75 Å². The number of carboxylic acids is 1. The maximum absolute atomic E-state index is 12.8. The standard InChI is InChI=1S/C24H28O4/c1-13(2)28-23-18(7)22(24(26)27)17(6)11-19(23)8-9-21(25)20-12-15(4)14(3)10-16(20)5/h8-13H,1-7H3,(H,26,27). The van der Waals surface area contributed by atoms with E-state index < -0.39 is 5.97 Å². The van der Waals surface area contributed by atoms with Crippen molar-refractivity contribution in [3.63, 3.8) is 0 Å². The molecule has 148 valence electrons. The highest BCUT2D eigenvalue weighted by Gasteiger charge is 2.19. The van der Waals surface area contributed by atoms with Crippen LogP contribution in [0, 0.1) is 34.6 Å². The number of carboxylic acid groups (broad SMARTS) is 1. The Morgan fingerprint density at radius 3 is 2.11 bits per heavy atom. The van der Waals surface area contributed by atoms with Crippen molar-refractivity contribution >= 4 is 17.8 Å². The molecule has 4 heteroatoms.